The smallest absolute Gasteiger partial charge is 0.318 e. The highest BCUT2D eigenvalue weighted by Gasteiger charge is 2.42. The van der Waals surface area contributed by atoms with E-state index in [0.717, 1.165) is 31.2 Å². The first-order valence-electron chi connectivity index (χ1n) is 8.70. The Bertz CT molecular complexity index is 782. The summed E-state index contributed by atoms with van der Waals surface area (Å²) in [6, 6.07) is 12.9. The summed E-state index contributed by atoms with van der Waals surface area (Å²) in [4.78, 5) is 24.4. The maximum Gasteiger partial charge on any atom is 0.318 e. The summed E-state index contributed by atoms with van der Waals surface area (Å²) in [7, 11) is 1.54. The van der Waals surface area contributed by atoms with E-state index in [9.17, 15) is 14.0 Å². The number of urea groups is 1. The van der Waals surface area contributed by atoms with Crippen LogP contribution in [0.1, 0.15) is 31.2 Å². The molecule has 3 rings (SSSR count). The molecular formula is C20H22FN3O2. The van der Waals surface area contributed by atoms with Gasteiger partial charge < -0.3 is 16.0 Å². The first kappa shape index (κ1) is 17.9. The average molecular weight is 355 g/mol. The number of amides is 3. The van der Waals surface area contributed by atoms with Gasteiger partial charge in [-0.2, -0.15) is 0 Å². The van der Waals surface area contributed by atoms with Crippen LogP contribution in [-0.4, -0.2) is 19.0 Å². The molecule has 0 unspecified atom stereocenters. The lowest BCUT2D eigenvalue weighted by Crippen LogP contribution is -2.38. The van der Waals surface area contributed by atoms with Crippen molar-refractivity contribution in [2.45, 2.75) is 31.1 Å². The van der Waals surface area contributed by atoms with E-state index in [1.807, 2.05) is 0 Å². The van der Waals surface area contributed by atoms with Crippen molar-refractivity contribution in [2.24, 2.45) is 0 Å². The molecule has 0 saturated heterocycles. The van der Waals surface area contributed by atoms with Crippen LogP contribution in [0, 0.1) is 5.82 Å². The van der Waals surface area contributed by atoms with Crippen molar-refractivity contribution < 1.29 is 14.0 Å². The molecule has 0 aliphatic heterocycles. The highest BCUT2D eigenvalue weighted by atomic mass is 19.1. The predicted molar refractivity (Wildman–Crippen MR) is 99.7 cm³/mol. The van der Waals surface area contributed by atoms with Crippen LogP contribution in [0.15, 0.2) is 48.5 Å². The highest BCUT2D eigenvalue weighted by molar-refractivity contribution is 5.99. The summed E-state index contributed by atoms with van der Waals surface area (Å²) in [5, 5.41) is 8.12. The molecule has 0 aromatic heterocycles. The topological polar surface area (TPSA) is 70.2 Å². The minimum atomic E-state index is -0.618. The third-order valence-corrected chi connectivity index (χ3v) is 4.92. The van der Waals surface area contributed by atoms with Gasteiger partial charge in [0, 0.05) is 18.4 Å². The molecule has 0 spiro atoms. The third-order valence-electron chi connectivity index (χ3n) is 4.92. The van der Waals surface area contributed by atoms with E-state index < -0.39 is 5.41 Å². The molecule has 26 heavy (non-hydrogen) atoms. The van der Waals surface area contributed by atoms with E-state index >= 15 is 0 Å². The van der Waals surface area contributed by atoms with E-state index in [2.05, 4.69) is 16.0 Å². The zero-order chi connectivity index (χ0) is 18.6. The second-order valence-electron chi connectivity index (χ2n) is 6.53. The number of anilines is 2. The van der Waals surface area contributed by atoms with E-state index in [0.29, 0.717) is 11.4 Å². The largest absolute Gasteiger partial charge is 0.341 e. The quantitative estimate of drug-likeness (QED) is 0.775. The molecule has 1 aliphatic rings. The normalized spacial score (nSPS) is 15.3. The number of halogens is 1. The average Bonchev–Trinajstić information content (AvgIpc) is 3.15. The van der Waals surface area contributed by atoms with Crippen LogP contribution >= 0.6 is 0 Å². The number of nitrogens with one attached hydrogen (secondary N) is 3. The van der Waals surface area contributed by atoms with E-state index in [1.54, 1.807) is 43.4 Å². The molecule has 2 aromatic rings. The van der Waals surface area contributed by atoms with Gasteiger partial charge in [0.25, 0.3) is 0 Å². The molecule has 5 nitrogen and oxygen atoms in total. The first-order chi connectivity index (χ1) is 12.5. The Morgan fingerprint density at radius 2 is 1.42 bits per heavy atom. The summed E-state index contributed by atoms with van der Waals surface area (Å²) >= 11 is 0. The molecule has 2 aromatic carbocycles. The minimum Gasteiger partial charge on any atom is -0.341 e. The van der Waals surface area contributed by atoms with Crippen LogP contribution in [0.25, 0.3) is 0 Å². The molecule has 1 saturated carbocycles. The Morgan fingerprint density at radius 3 is 1.96 bits per heavy atom. The summed E-state index contributed by atoms with van der Waals surface area (Å²) in [5.41, 5.74) is 1.53. The molecule has 136 valence electrons. The van der Waals surface area contributed by atoms with Crippen LogP contribution in [0.5, 0.6) is 0 Å². The van der Waals surface area contributed by atoms with Crippen molar-refractivity contribution in [1.29, 1.82) is 0 Å². The van der Waals surface area contributed by atoms with E-state index in [-0.39, 0.29) is 17.8 Å². The van der Waals surface area contributed by atoms with Crippen LogP contribution < -0.4 is 16.0 Å². The Balaban J connectivity index is 1.76. The van der Waals surface area contributed by atoms with Crippen molar-refractivity contribution >= 4 is 23.3 Å². The number of rotatable bonds is 4. The molecule has 6 heteroatoms. The molecule has 1 aliphatic carbocycles. The lowest BCUT2D eigenvalue weighted by Gasteiger charge is -2.28. The van der Waals surface area contributed by atoms with E-state index in [4.69, 9.17) is 0 Å². The van der Waals surface area contributed by atoms with Crippen molar-refractivity contribution in [3.8, 4) is 0 Å². The Labute approximate surface area is 152 Å². The van der Waals surface area contributed by atoms with Gasteiger partial charge in [-0.3, -0.25) is 4.79 Å². The lowest BCUT2D eigenvalue weighted by atomic mass is 9.78. The fraction of sp³-hybridized carbons (Fsp3) is 0.300. The monoisotopic (exact) mass is 355 g/mol. The molecular weight excluding hydrogens is 333 g/mol. The van der Waals surface area contributed by atoms with Gasteiger partial charge in [-0.1, -0.05) is 25.0 Å². The Hall–Kier alpha value is -2.89. The summed E-state index contributed by atoms with van der Waals surface area (Å²) < 4.78 is 13.3. The van der Waals surface area contributed by atoms with Gasteiger partial charge in [0.1, 0.15) is 5.82 Å². The SMILES string of the molecule is CNC(=O)Nc1ccc(NC(=O)C2(c3ccc(F)cc3)CCCC2)cc1. The zero-order valence-corrected chi connectivity index (χ0v) is 14.6. The zero-order valence-electron chi connectivity index (χ0n) is 14.6. The number of carbonyl (C=O) groups is 2. The molecule has 1 fully saturated rings. The van der Waals surface area contributed by atoms with Gasteiger partial charge in [-0.15, -0.1) is 0 Å². The van der Waals surface area contributed by atoms with Crippen molar-refractivity contribution in [3.63, 3.8) is 0 Å². The number of hydrogen-bond donors (Lipinski definition) is 3. The first-order valence-corrected chi connectivity index (χ1v) is 8.70. The fourth-order valence-corrected chi connectivity index (χ4v) is 3.48. The summed E-state index contributed by atoms with van der Waals surface area (Å²) in [6.07, 6.45) is 3.45. The van der Waals surface area contributed by atoms with Gasteiger partial charge in [-0.25, -0.2) is 9.18 Å². The van der Waals surface area contributed by atoms with Crippen LogP contribution in [0.4, 0.5) is 20.6 Å². The van der Waals surface area contributed by atoms with Gasteiger partial charge in [0.05, 0.1) is 5.41 Å². The van der Waals surface area contributed by atoms with Crippen molar-refractivity contribution in [3.05, 3.63) is 59.9 Å². The molecule has 0 bridgehead atoms. The van der Waals surface area contributed by atoms with Gasteiger partial charge in [-0.05, 0) is 54.8 Å². The summed E-state index contributed by atoms with van der Waals surface area (Å²) in [5.74, 6) is -0.380. The molecule has 3 N–H and O–H groups in total. The van der Waals surface area contributed by atoms with Crippen LogP contribution in [0.2, 0.25) is 0 Å². The standard InChI is InChI=1S/C20H22FN3O2/c1-22-19(26)24-17-10-8-16(9-11-17)23-18(25)20(12-2-3-13-20)14-4-6-15(21)7-5-14/h4-11H,2-3,12-13H2,1H3,(H,23,25)(H2,22,24,26). The van der Waals surface area contributed by atoms with Gasteiger partial charge >= 0.3 is 6.03 Å². The predicted octanol–water partition coefficient (Wildman–Crippen LogP) is 4.03. The minimum absolute atomic E-state index is 0.0754. The highest BCUT2D eigenvalue weighted by Crippen LogP contribution is 2.42. The Kier molecular flexibility index (Phi) is 5.21. The summed E-state index contributed by atoms with van der Waals surface area (Å²) in [6.45, 7) is 0. The van der Waals surface area contributed by atoms with E-state index in [1.165, 1.54) is 12.1 Å². The van der Waals surface area contributed by atoms with Crippen LogP contribution in [-0.2, 0) is 10.2 Å². The molecule has 0 atom stereocenters. The number of carbonyl (C=O) groups excluding carboxylic acids is 2. The van der Waals surface area contributed by atoms with Crippen molar-refractivity contribution in [1.82, 2.24) is 5.32 Å². The fourth-order valence-electron chi connectivity index (χ4n) is 3.48. The lowest BCUT2D eigenvalue weighted by molar-refractivity contribution is -0.121. The Morgan fingerprint density at radius 1 is 0.885 bits per heavy atom. The maximum atomic E-state index is 13.3. The molecule has 0 heterocycles. The van der Waals surface area contributed by atoms with Gasteiger partial charge in [0.2, 0.25) is 5.91 Å². The van der Waals surface area contributed by atoms with Crippen LogP contribution in [0.3, 0.4) is 0 Å². The number of benzene rings is 2. The van der Waals surface area contributed by atoms with Crippen molar-refractivity contribution in [2.75, 3.05) is 17.7 Å². The second kappa shape index (κ2) is 7.56. The van der Waals surface area contributed by atoms with Gasteiger partial charge in [0.15, 0.2) is 0 Å². The molecule has 0 radical (unpaired) electrons. The molecule has 3 amide bonds. The third kappa shape index (κ3) is 3.69. The maximum absolute atomic E-state index is 13.3. The number of hydrogen-bond acceptors (Lipinski definition) is 2. The second-order valence-corrected chi connectivity index (χ2v) is 6.53.